The van der Waals surface area contributed by atoms with Gasteiger partial charge in [-0.3, -0.25) is 0 Å². The van der Waals surface area contributed by atoms with Gasteiger partial charge in [0.1, 0.15) is 10.8 Å². The molecule has 2 aromatic rings. The number of nitrogens with one attached hydrogen (secondary N) is 1. The third-order valence-corrected chi connectivity index (χ3v) is 4.03. The predicted molar refractivity (Wildman–Crippen MR) is 85.4 cm³/mol. The number of hydrogen-bond donors (Lipinski definition) is 1. The van der Waals surface area contributed by atoms with Crippen LogP contribution in [-0.2, 0) is 6.54 Å². The first kappa shape index (κ1) is 15.0. The number of aryl methyl sites for hydroxylation is 1. The van der Waals surface area contributed by atoms with Crippen molar-refractivity contribution < 1.29 is 4.74 Å². The lowest BCUT2D eigenvalue weighted by molar-refractivity contribution is 0.412. The number of benzene rings is 1. The van der Waals surface area contributed by atoms with Gasteiger partial charge in [-0.2, -0.15) is 0 Å². The van der Waals surface area contributed by atoms with Gasteiger partial charge in [-0.25, -0.2) is 4.98 Å². The molecular formula is C16H22N2OS. The highest BCUT2D eigenvalue weighted by Gasteiger charge is 2.11. The highest BCUT2D eigenvalue weighted by atomic mass is 32.1. The quantitative estimate of drug-likeness (QED) is 0.923. The van der Waals surface area contributed by atoms with E-state index in [4.69, 9.17) is 4.74 Å². The maximum absolute atomic E-state index is 5.29. The van der Waals surface area contributed by atoms with Crippen molar-refractivity contribution in [3.05, 3.63) is 34.8 Å². The summed E-state index contributed by atoms with van der Waals surface area (Å²) in [5, 5.41) is 4.54. The number of rotatable bonds is 4. The second kappa shape index (κ2) is 5.94. The molecule has 0 aliphatic rings. The summed E-state index contributed by atoms with van der Waals surface area (Å²) in [7, 11) is 1.70. The van der Waals surface area contributed by atoms with E-state index in [0.29, 0.717) is 0 Å². The highest BCUT2D eigenvalue weighted by Crippen LogP contribution is 2.29. The second-order valence-electron chi connectivity index (χ2n) is 5.92. The van der Waals surface area contributed by atoms with Crippen molar-refractivity contribution >= 4 is 11.3 Å². The van der Waals surface area contributed by atoms with Crippen LogP contribution >= 0.6 is 11.3 Å². The Bertz CT molecular complexity index is 584. The molecule has 1 N–H and O–H groups in total. The van der Waals surface area contributed by atoms with Gasteiger partial charge in [0, 0.05) is 28.7 Å². The lowest BCUT2D eigenvalue weighted by Gasteiger charge is -2.19. The van der Waals surface area contributed by atoms with E-state index >= 15 is 0 Å². The lowest BCUT2D eigenvalue weighted by atomic mass is 10.1. The highest BCUT2D eigenvalue weighted by molar-refractivity contribution is 7.15. The Morgan fingerprint density at radius 2 is 2.05 bits per heavy atom. The van der Waals surface area contributed by atoms with Crippen molar-refractivity contribution in [2.45, 2.75) is 39.8 Å². The summed E-state index contributed by atoms with van der Waals surface area (Å²) < 4.78 is 5.29. The normalized spacial score (nSPS) is 11.7. The maximum atomic E-state index is 5.29. The first-order valence-electron chi connectivity index (χ1n) is 6.74. The molecule has 1 aromatic carbocycles. The van der Waals surface area contributed by atoms with E-state index in [9.17, 15) is 0 Å². The van der Waals surface area contributed by atoms with Crippen molar-refractivity contribution in [3.8, 4) is 16.3 Å². The zero-order chi connectivity index (χ0) is 14.8. The Hall–Kier alpha value is -1.39. The Balaban J connectivity index is 2.14. The van der Waals surface area contributed by atoms with Crippen LogP contribution in [0, 0.1) is 6.92 Å². The fourth-order valence-corrected chi connectivity index (χ4v) is 2.73. The minimum absolute atomic E-state index is 0.126. The van der Waals surface area contributed by atoms with Gasteiger partial charge >= 0.3 is 0 Å². The van der Waals surface area contributed by atoms with Crippen LogP contribution < -0.4 is 10.1 Å². The summed E-state index contributed by atoms with van der Waals surface area (Å²) >= 11 is 1.73. The van der Waals surface area contributed by atoms with Crippen LogP contribution in [-0.4, -0.2) is 17.6 Å². The average molecular weight is 290 g/mol. The molecule has 1 aromatic heterocycles. The van der Waals surface area contributed by atoms with E-state index in [1.807, 2.05) is 12.3 Å². The second-order valence-corrected chi connectivity index (χ2v) is 7.03. The molecule has 0 aliphatic carbocycles. The molecule has 108 valence electrons. The van der Waals surface area contributed by atoms with Crippen molar-refractivity contribution in [3.63, 3.8) is 0 Å². The third-order valence-electron chi connectivity index (χ3n) is 2.99. The van der Waals surface area contributed by atoms with Gasteiger partial charge in [0.15, 0.2) is 0 Å². The Morgan fingerprint density at radius 1 is 1.30 bits per heavy atom. The maximum Gasteiger partial charge on any atom is 0.123 e. The standard InChI is InChI=1S/C16H22N2OS/c1-11-8-12(6-7-14(11)19-5)15-17-9-13(20-15)10-18-16(2,3)4/h6-9,18H,10H2,1-5H3. The van der Waals surface area contributed by atoms with Gasteiger partial charge in [-0.1, -0.05) is 0 Å². The molecule has 0 spiro atoms. The molecule has 0 saturated carbocycles. The van der Waals surface area contributed by atoms with E-state index in [1.165, 1.54) is 4.88 Å². The van der Waals surface area contributed by atoms with Gasteiger partial charge < -0.3 is 10.1 Å². The number of ether oxygens (including phenoxy) is 1. The van der Waals surface area contributed by atoms with Crippen LogP contribution in [0.5, 0.6) is 5.75 Å². The number of aromatic nitrogens is 1. The molecule has 20 heavy (non-hydrogen) atoms. The topological polar surface area (TPSA) is 34.1 Å². The molecule has 1 heterocycles. The Kier molecular flexibility index (Phi) is 4.45. The minimum Gasteiger partial charge on any atom is -0.496 e. The van der Waals surface area contributed by atoms with E-state index < -0.39 is 0 Å². The Morgan fingerprint density at radius 3 is 2.65 bits per heavy atom. The number of thiazole rings is 1. The van der Waals surface area contributed by atoms with Crippen molar-refractivity contribution in [1.82, 2.24) is 10.3 Å². The van der Waals surface area contributed by atoms with Crippen LogP contribution in [0.15, 0.2) is 24.4 Å². The zero-order valence-electron chi connectivity index (χ0n) is 12.8. The Labute approximate surface area is 125 Å². The molecule has 0 amide bonds. The van der Waals surface area contributed by atoms with Crippen molar-refractivity contribution in [2.75, 3.05) is 7.11 Å². The molecule has 0 unspecified atom stereocenters. The van der Waals surface area contributed by atoms with Crippen molar-refractivity contribution in [1.29, 1.82) is 0 Å². The summed E-state index contributed by atoms with van der Waals surface area (Å²) in [5.41, 5.74) is 2.41. The smallest absolute Gasteiger partial charge is 0.123 e. The van der Waals surface area contributed by atoms with E-state index in [1.54, 1.807) is 18.4 Å². The summed E-state index contributed by atoms with van der Waals surface area (Å²) in [6.07, 6.45) is 1.96. The van der Waals surface area contributed by atoms with Gasteiger partial charge in [0.05, 0.1) is 7.11 Å². The number of nitrogens with zero attached hydrogens (tertiary/aromatic N) is 1. The van der Waals surface area contributed by atoms with Gasteiger partial charge in [-0.15, -0.1) is 11.3 Å². The summed E-state index contributed by atoms with van der Waals surface area (Å²) in [6, 6.07) is 6.18. The van der Waals surface area contributed by atoms with Gasteiger partial charge in [0.2, 0.25) is 0 Å². The SMILES string of the molecule is COc1ccc(-c2ncc(CNC(C)(C)C)s2)cc1C. The molecule has 0 aliphatic heterocycles. The lowest BCUT2D eigenvalue weighted by Crippen LogP contribution is -2.34. The molecule has 0 atom stereocenters. The van der Waals surface area contributed by atoms with Crippen LogP contribution in [0.2, 0.25) is 0 Å². The molecule has 0 radical (unpaired) electrons. The first-order valence-corrected chi connectivity index (χ1v) is 7.55. The van der Waals surface area contributed by atoms with E-state index in [-0.39, 0.29) is 5.54 Å². The molecule has 4 heteroatoms. The van der Waals surface area contributed by atoms with E-state index in [0.717, 1.165) is 28.4 Å². The summed E-state index contributed by atoms with van der Waals surface area (Å²) in [6.45, 7) is 9.42. The number of methoxy groups -OCH3 is 1. The monoisotopic (exact) mass is 290 g/mol. The minimum atomic E-state index is 0.126. The summed E-state index contributed by atoms with van der Waals surface area (Å²) in [4.78, 5) is 5.77. The van der Waals surface area contributed by atoms with Crippen LogP contribution in [0.1, 0.15) is 31.2 Å². The molecule has 0 bridgehead atoms. The fourth-order valence-electron chi connectivity index (χ4n) is 1.89. The van der Waals surface area contributed by atoms with Crippen molar-refractivity contribution in [2.24, 2.45) is 0 Å². The third kappa shape index (κ3) is 3.81. The average Bonchev–Trinajstić information content (AvgIpc) is 2.84. The predicted octanol–water partition coefficient (Wildman–Crippen LogP) is 4.02. The summed E-state index contributed by atoms with van der Waals surface area (Å²) in [5.74, 6) is 0.917. The van der Waals surface area contributed by atoms with Crippen LogP contribution in [0.4, 0.5) is 0 Å². The molecule has 0 fully saturated rings. The first-order chi connectivity index (χ1) is 9.39. The van der Waals surface area contributed by atoms with Gasteiger partial charge in [-0.05, 0) is 51.5 Å². The zero-order valence-corrected chi connectivity index (χ0v) is 13.6. The molecular weight excluding hydrogens is 268 g/mol. The van der Waals surface area contributed by atoms with Gasteiger partial charge in [0.25, 0.3) is 0 Å². The van der Waals surface area contributed by atoms with E-state index in [2.05, 4.69) is 50.1 Å². The molecule has 2 rings (SSSR count). The largest absolute Gasteiger partial charge is 0.496 e. The number of hydrogen-bond acceptors (Lipinski definition) is 4. The molecule has 3 nitrogen and oxygen atoms in total. The molecule has 0 saturated heterocycles. The fraction of sp³-hybridized carbons (Fsp3) is 0.438. The van der Waals surface area contributed by atoms with Crippen LogP contribution in [0.3, 0.4) is 0 Å². The van der Waals surface area contributed by atoms with Crippen LogP contribution in [0.25, 0.3) is 10.6 Å².